The average molecular weight is 1520 g/mol. The van der Waals surface area contributed by atoms with Gasteiger partial charge in [0.25, 0.3) is 5.91 Å². The number of fused-ring (bicyclic) bond motifs is 1. The van der Waals surface area contributed by atoms with Gasteiger partial charge in [-0.2, -0.15) is 11.8 Å². The summed E-state index contributed by atoms with van der Waals surface area (Å²) >= 11 is 1.45. The molecule has 586 valence electrons. The number of benzene rings is 2. The molecule has 1 aliphatic rings. The monoisotopic (exact) mass is 1520 g/mol. The molecule has 8 atom stereocenters. The highest BCUT2D eigenvalue weighted by Crippen LogP contribution is 2.20. The van der Waals surface area contributed by atoms with E-state index in [0.29, 0.717) is 27.9 Å². The van der Waals surface area contributed by atoms with Gasteiger partial charge in [-0.05, 0) is 92.8 Å². The second-order valence-electron chi connectivity index (χ2n) is 26.8. The first-order valence-electron chi connectivity index (χ1n) is 34.9. The van der Waals surface area contributed by atoms with E-state index in [9.17, 15) is 87.2 Å². The predicted octanol–water partition coefficient (Wildman–Crippen LogP) is -3.36. The lowest BCUT2D eigenvalue weighted by atomic mass is 10.0. The van der Waals surface area contributed by atoms with Gasteiger partial charge in [0, 0.05) is 106 Å². The van der Waals surface area contributed by atoms with E-state index in [1.807, 2.05) is 20.1 Å². The fourth-order valence-electron chi connectivity index (χ4n) is 11.4. The maximum absolute atomic E-state index is 14.5. The third kappa shape index (κ3) is 30.8. The molecule has 3 heterocycles. The lowest BCUT2D eigenvalue weighted by molar-refractivity contribution is -0.140. The Morgan fingerprint density at radius 2 is 1.03 bits per heavy atom. The lowest BCUT2D eigenvalue weighted by Crippen LogP contribution is -2.60. The van der Waals surface area contributed by atoms with Gasteiger partial charge in [-0.15, -0.1) is 0 Å². The number of thioether (sulfide) groups is 1. The van der Waals surface area contributed by atoms with Gasteiger partial charge in [-0.25, -0.2) is 4.98 Å². The summed E-state index contributed by atoms with van der Waals surface area (Å²) in [6, 6.07) is 1.92. The number of nitrogens with two attached hydrogens (primary N) is 2. The lowest BCUT2D eigenvalue weighted by Gasteiger charge is -2.32. The van der Waals surface area contributed by atoms with Crippen LogP contribution in [-0.4, -0.2) is 284 Å². The maximum Gasteiger partial charge on any atom is 0.317 e. The number of hydrogen-bond donors (Lipinski definition) is 17. The first kappa shape index (κ1) is 87.1. The second-order valence-corrected chi connectivity index (χ2v) is 27.8. The number of carbonyl (C=O) groups excluding carboxylic acids is 12. The van der Waals surface area contributed by atoms with Crippen LogP contribution in [0.3, 0.4) is 0 Å². The number of rotatable bonds is 41. The molecule has 5 rings (SSSR count). The molecule has 0 unspecified atom stereocenters. The van der Waals surface area contributed by atoms with Crippen molar-refractivity contribution in [1.29, 1.82) is 0 Å². The van der Waals surface area contributed by atoms with Crippen LogP contribution in [0.15, 0.2) is 67.3 Å². The van der Waals surface area contributed by atoms with Crippen LogP contribution in [0.2, 0.25) is 0 Å². The molecule has 0 aliphatic carbocycles. The number of hydrogen-bond acceptors (Lipinski definition) is 21. The molecule has 0 bridgehead atoms. The van der Waals surface area contributed by atoms with E-state index in [-0.39, 0.29) is 128 Å². The van der Waals surface area contributed by atoms with Crippen molar-refractivity contribution >= 4 is 117 Å². The third-order valence-corrected chi connectivity index (χ3v) is 17.9. The first-order valence-corrected chi connectivity index (χ1v) is 36.3. The molecule has 1 saturated heterocycles. The SMILES string of the molecule is CSCC[C@H](NC(=O)[C@H](CC(C)C)NC(=O)[C@H](Cc1c[nH]cn1)NC(=O)[C@@H](C)NC(=O)[C@@H](NC(=O)[C@H](C)NC(=O)[C@H](Cc1c[nH]c2ccccc12)NC(=O)[C@H](CCC(N)=O)NC(=O)c1ccc(NC(=O)CNC(=O)CN2CCN(CC(=O)O)CCN(CC(=O)O)CCN(CC(=O)O)CC2)cc1)C(C)C)C(N)=O. The van der Waals surface area contributed by atoms with Crippen molar-refractivity contribution in [3.63, 3.8) is 0 Å². The molecule has 2 aromatic heterocycles. The van der Waals surface area contributed by atoms with Crippen LogP contribution in [0, 0.1) is 11.8 Å². The Kier molecular flexibility index (Phi) is 35.6. The van der Waals surface area contributed by atoms with E-state index in [4.69, 9.17) is 11.5 Å². The Morgan fingerprint density at radius 3 is 1.55 bits per heavy atom. The van der Waals surface area contributed by atoms with Gasteiger partial charge >= 0.3 is 17.9 Å². The number of carboxylic acid groups (broad SMARTS) is 3. The summed E-state index contributed by atoms with van der Waals surface area (Å²) in [6.07, 6.45) is 5.63. The molecule has 2 aromatic carbocycles. The van der Waals surface area contributed by atoms with Gasteiger partial charge in [0.15, 0.2) is 0 Å². The molecule has 1 fully saturated rings. The quantitative estimate of drug-likeness (QED) is 0.0206. The molecule has 0 saturated carbocycles. The fourth-order valence-corrected chi connectivity index (χ4v) is 11.9. The number of para-hydroxylation sites is 1. The molecule has 107 heavy (non-hydrogen) atoms. The fraction of sp³-hybridized carbons (Fsp3) is 0.536. The summed E-state index contributed by atoms with van der Waals surface area (Å²) in [7, 11) is 0. The van der Waals surface area contributed by atoms with Crippen molar-refractivity contribution in [2.45, 2.75) is 128 Å². The Balaban J connectivity index is 1.23. The van der Waals surface area contributed by atoms with E-state index in [2.05, 4.69) is 68.1 Å². The number of carboxylic acids is 3. The molecule has 4 aromatic rings. The molecule has 0 spiro atoms. The Hall–Kier alpha value is -10.6. The van der Waals surface area contributed by atoms with Crippen molar-refractivity contribution in [2.75, 3.05) is 102 Å². The van der Waals surface area contributed by atoms with Crippen LogP contribution < -0.4 is 64.6 Å². The zero-order valence-corrected chi connectivity index (χ0v) is 61.8. The van der Waals surface area contributed by atoms with Crippen molar-refractivity contribution in [1.82, 2.24) is 82.4 Å². The van der Waals surface area contributed by atoms with E-state index < -0.39 is 156 Å². The van der Waals surface area contributed by atoms with Gasteiger partial charge in [0.2, 0.25) is 65.0 Å². The molecule has 38 heteroatoms. The summed E-state index contributed by atoms with van der Waals surface area (Å²) in [5.74, 6) is -13.0. The Bertz CT molecular complexity index is 3700. The summed E-state index contributed by atoms with van der Waals surface area (Å²) in [4.78, 5) is 215. The minimum atomic E-state index is -1.50. The van der Waals surface area contributed by atoms with Gasteiger partial charge in [-0.1, -0.05) is 45.9 Å². The molecule has 1 aliphatic heterocycles. The van der Waals surface area contributed by atoms with Gasteiger partial charge < -0.3 is 89.9 Å². The van der Waals surface area contributed by atoms with E-state index in [1.165, 1.54) is 62.4 Å². The number of primary amides is 2. The van der Waals surface area contributed by atoms with E-state index in [1.54, 1.807) is 63.9 Å². The highest BCUT2D eigenvalue weighted by molar-refractivity contribution is 7.98. The largest absolute Gasteiger partial charge is 0.480 e. The maximum atomic E-state index is 14.5. The number of H-pyrrole nitrogens is 2. The number of amides is 12. The second kappa shape index (κ2) is 43.8. The van der Waals surface area contributed by atoms with Crippen molar-refractivity contribution in [2.24, 2.45) is 23.3 Å². The summed E-state index contributed by atoms with van der Waals surface area (Å²) in [6.45, 7) is 9.07. The number of aliphatic carboxylic acids is 3. The summed E-state index contributed by atoms with van der Waals surface area (Å²) in [5.41, 5.74) is 12.9. The zero-order chi connectivity index (χ0) is 79.0. The zero-order valence-electron chi connectivity index (χ0n) is 61.0. The molecule has 12 amide bonds. The van der Waals surface area contributed by atoms with Crippen molar-refractivity contribution < 1.29 is 87.2 Å². The van der Waals surface area contributed by atoms with E-state index >= 15 is 0 Å². The average Bonchev–Trinajstić information content (AvgIpc) is 1.73. The van der Waals surface area contributed by atoms with Crippen LogP contribution in [0.5, 0.6) is 0 Å². The number of imidazole rings is 1. The molecule has 37 nitrogen and oxygen atoms in total. The highest BCUT2D eigenvalue weighted by atomic mass is 32.2. The van der Waals surface area contributed by atoms with E-state index in [0.717, 1.165) is 0 Å². The van der Waals surface area contributed by atoms with Crippen LogP contribution in [0.25, 0.3) is 10.9 Å². The third-order valence-electron chi connectivity index (χ3n) is 17.2. The summed E-state index contributed by atoms with van der Waals surface area (Å²) < 4.78 is 0. The van der Waals surface area contributed by atoms with Crippen LogP contribution in [0.4, 0.5) is 5.69 Å². The number of carbonyl (C=O) groups is 15. The predicted molar refractivity (Wildman–Crippen MR) is 392 cm³/mol. The minimum Gasteiger partial charge on any atom is -0.480 e. The summed E-state index contributed by atoms with van der Waals surface area (Å²) in [5, 5.41) is 55.4. The van der Waals surface area contributed by atoms with Crippen molar-refractivity contribution in [3.05, 3.63) is 84.1 Å². The topological polar surface area (TPSA) is 547 Å². The van der Waals surface area contributed by atoms with Gasteiger partial charge in [0.1, 0.15) is 48.3 Å². The molecule has 19 N–H and O–H groups in total. The standard InChI is InChI=1S/C69H101N19O18S/c1-39(2)28-51(67(104)79-49(61(71)98)18-27-107-7)82-68(105)53(30-46-32-72-38-75-46)81-62(99)41(5)77-69(106)60(40(3)4)84-63(100)42(6)76-66(103)52(29-44-31-73-48-11-9-8-10-47(44)48)83-65(102)50(16-17-54(70)89)80-64(101)43-12-14-45(15-13-43)78-55(90)33-74-56(91)34-85-19-21-86(35-57(92)93)23-25-88(37-59(96)97)26-24-87(22-20-85)36-58(94)95/h8-15,31-32,38-42,49-53,60,73H,16-30,33-37H2,1-7H3,(H2,70,89)(H2,71,98)(H,72,75)(H,74,91)(H,76,103)(H,77,106)(H,78,90)(H,79,104)(H,80,101)(H,81,99)(H,82,105)(H,83,102)(H,84,100)(H,92,93)(H,94,95)(H,96,97)/t41-,42+,49+,50+,51+,52+,53+,60+/m1/s1. The first-order chi connectivity index (χ1) is 50.7. The number of aromatic nitrogens is 3. The Morgan fingerprint density at radius 1 is 0.533 bits per heavy atom. The Labute approximate surface area is 622 Å². The smallest absolute Gasteiger partial charge is 0.317 e. The molecule has 0 radical (unpaired) electrons. The number of nitrogens with zero attached hydrogens (tertiary/aromatic N) is 5. The van der Waals surface area contributed by atoms with Gasteiger partial charge in [-0.3, -0.25) is 91.5 Å². The minimum absolute atomic E-state index is 0.0237. The number of aromatic amines is 2. The number of nitrogens with one attached hydrogen (secondary N) is 12. The highest BCUT2D eigenvalue weighted by Gasteiger charge is 2.36. The molecular formula is C69H101N19O18S. The van der Waals surface area contributed by atoms with Crippen LogP contribution in [0.1, 0.15) is 88.8 Å². The van der Waals surface area contributed by atoms with Crippen LogP contribution >= 0.6 is 11.8 Å². The van der Waals surface area contributed by atoms with Gasteiger partial charge in [0.05, 0.1) is 44.7 Å². The van der Waals surface area contributed by atoms with Crippen LogP contribution in [-0.2, 0) is 80.0 Å². The van der Waals surface area contributed by atoms with Crippen molar-refractivity contribution in [3.8, 4) is 0 Å². The molecular weight excluding hydrogens is 1410 g/mol. The normalized spacial score (nSPS) is 15.7. The number of anilines is 1.